The van der Waals surface area contributed by atoms with Crippen molar-refractivity contribution >= 4 is 33.2 Å². The Morgan fingerprint density at radius 3 is 2.59 bits per heavy atom. The van der Waals surface area contributed by atoms with Crippen LogP contribution in [0.5, 0.6) is 0 Å². The number of carbonyl (C=O) groups excluding carboxylic acids is 1. The van der Waals surface area contributed by atoms with Crippen molar-refractivity contribution in [1.82, 2.24) is 9.80 Å². The molecule has 1 amide bonds. The van der Waals surface area contributed by atoms with Crippen LogP contribution in [0.4, 0.5) is 0 Å². The van der Waals surface area contributed by atoms with E-state index in [4.69, 9.17) is 0 Å². The molecule has 1 aromatic rings. The zero-order chi connectivity index (χ0) is 12.3. The lowest BCUT2D eigenvalue weighted by molar-refractivity contribution is -0.132. The number of hydrogen-bond donors (Lipinski definition) is 0. The second-order valence-electron chi connectivity index (χ2n) is 4.22. The van der Waals surface area contributed by atoms with Crippen molar-refractivity contribution in [2.75, 3.05) is 26.2 Å². The van der Waals surface area contributed by atoms with Gasteiger partial charge in [0.05, 0.1) is 3.79 Å². The Morgan fingerprint density at radius 2 is 2.06 bits per heavy atom. The van der Waals surface area contributed by atoms with Gasteiger partial charge in [0.25, 0.3) is 0 Å². The lowest BCUT2D eigenvalue weighted by Gasteiger charge is -2.34. The number of rotatable bonds is 3. The topological polar surface area (TPSA) is 23.6 Å². The van der Waals surface area contributed by atoms with Crippen molar-refractivity contribution in [1.29, 1.82) is 0 Å². The summed E-state index contributed by atoms with van der Waals surface area (Å²) in [6.45, 7) is 6.66. The van der Waals surface area contributed by atoms with Gasteiger partial charge in [0, 0.05) is 44.0 Å². The van der Waals surface area contributed by atoms with E-state index in [1.54, 1.807) is 11.3 Å². The molecule has 0 atom stereocenters. The van der Waals surface area contributed by atoms with Crippen LogP contribution in [0, 0.1) is 0 Å². The number of piperazine rings is 1. The SMILES string of the molecule is CCC(=O)N1CCN(Cc2ccc(Br)s2)CC1. The summed E-state index contributed by atoms with van der Waals surface area (Å²) in [5.74, 6) is 0.281. The highest BCUT2D eigenvalue weighted by molar-refractivity contribution is 9.11. The quantitative estimate of drug-likeness (QED) is 0.855. The summed E-state index contributed by atoms with van der Waals surface area (Å²) in [7, 11) is 0. The molecule has 0 spiro atoms. The molecule has 1 aliphatic heterocycles. The highest BCUT2D eigenvalue weighted by atomic mass is 79.9. The molecule has 0 unspecified atom stereocenters. The third-order valence-corrected chi connectivity index (χ3v) is 4.64. The van der Waals surface area contributed by atoms with Gasteiger partial charge >= 0.3 is 0 Å². The highest BCUT2D eigenvalue weighted by Crippen LogP contribution is 2.23. The molecule has 0 aromatic carbocycles. The molecule has 1 saturated heterocycles. The Hall–Kier alpha value is -0.390. The lowest BCUT2D eigenvalue weighted by Crippen LogP contribution is -2.48. The molecule has 94 valence electrons. The first-order valence-corrected chi connectivity index (χ1v) is 7.54. The Morgan fingerprint density at radius 1 is 1.35 bits per heavy atom. The molecule has 0 aliphatic carbocycles. The molecule has 17 heavy (non-hydrogen) atoms. The predicted octanol–water partition coefficient (Wildman–Crippen LogP) is 2.56. The fourth-order valence-electron chi connectivity index (χ4n) is 2.04. The van der Waals surface area contributed by atoms with Gasteiger partial charge in [-0.1, -0.05) is 6.92 Å². The maximum Gasteiger partial charge on any atom is 0.222 e. The van der Waals surface area contributed by atoms with Crippen LogP contribution in [-0.2, 0) is 11.3 Å². The minimum absolute atomic E-state index is 0.281. The van der Waals surface area contributed by atoms with Crippen LogP contribution in [0.25, 0.3) is 0 Å². The minimum atomic E-state index is 0.281. The minimum Gasteiger partial charge on any atom is -0.340 e. The summed E-state index contributed by atoms with van der Waals surface area (Å²) >= 11 is 5.27. The van der Waals surface area contributed by atoms with Crippen LogP contribution in [0.3, 0.4) is 0 Å². The van der Waals surface area contributed by atoms with Crippen molar-refractivity contribution in [2.24, 2.45) is 0 Å². The molecule has 0 N–H and O–H groups in total. The number of amides is 1. The van der Waals surface area contributed by atoms with Gasteiger partial charge < -0.3 is 4.90 Å². The molecular weight excluding hydrogens is 300 g/mol. The number of nitrogens with zero attached hydrogens (tertiary/aromatic N) is 2. The van der Waals surface area contributed by atoms with Gasteiger partial charge in [-0.3, -0.25) is 9.69 Å². The van der Waals surface area contributed by atoms with Crippen molar-refractivity contribution < 1.29 is 4.79 Å². The average Bonchev–Trinajstić information content (AvgIpc) is 2.75. The van der Waals surface area contributed by atoms with E-state index in [0.29, 0.717) is 6.42 Å². The van der Waals surface area contributed by atoms with E-state index in [9.17, 15) is 4.79 Å². The molecule has 3 nitrogen and oxygen atoms in total. The molecule has 0 bridgehead atoms. The molecule has 0 radical (unpaired) electrons. The first-order chi connectivity index (χ1) is 8.19. The Kier molecular flexibility index (Phi) is 4.59. The number of carbonyl (C=O) groups is 1. The molecular formula is C12H17BrN2OS. The van der Waals surface area contributed by atoms with Gasteiger partial charge in [-0.05, 0) is 28.1 Å². The van der Waals surface area contributed by atoms with Crippen molar-refractivity contribution in [3.8, 4) is 0 Å². The van der Waals surface area contributed by atoms with Crippen molar-refractivity contribution in [3.63, 3.8) is 0 Å². The van der Waals surface area contributed by atoms with Crippen LogP contribution in [-0.4, -0.2) is 41.9 Å². The lowest BCUT2D eigenvalue weighted by atomic mass is 10.3. The molecule has 5 heteroatoms. The second-order valence-corrected chi connectivity index (χ2v) is 6.76. The first-order valence-electron chi connectivity index (χ1n) is 5.93. The maximum atomic E-state index is 11.5. The fourth-order valence-corrected chi connectivity index (χ4v) is 3.56. The normalized spacial score (nSPS) is 17.4. The van der Waals surface area contributed by atoms with Gasteiger partial charge in [-0.15, -0.1) is 11.3 Å². The number of hydrogen-bond acceptors (Lipinski definition) is 3. The molecule has 1 fully saturated rings. The zero-order valence-electron chi connectivity index (χ0n) is 9.99. The average molecular weight is 317 g/mol. The van der Waals surface area contributed by atoms with E-state index < -0.39 is 0 Å². The van der Waals surface area contributed by atoms with Crippen LogP contribution in [0.15, 0.2) is 15.9 Å². The predicted molar refractivity (Wildman–Crippen MR) is 74.2 cm³/mol. The van der Waals surface area contributed by atoms with Gasteiger partial charge in [0.15, 0.2) is 0 Å². The Balaban J connectivity index is 1.81. The Bertz CT molecular complexity index is 386. The molecule has 1 aromatic heterocycles. The number of thiophene rings is 1. The summed E-state index contributed by atoms with van der Waals surface area (Å²) in [5.41, 5.74) is 0. The fraction of sp³-hybridized carbons (Fsp3) is 0.583. The van der Waals surface area contributed by atoms with Gasteiger partial charge in [-0.2, -0.15) is 0 Å². The Labute approximate surface area is 115 Å². The first kappa shape index (κ1) is 13.1. The van der Waals surface area contributed by atoms with E-state index >= 15 is 0 Å². The van der Waals surface area contributed by atoms with Gasteiger partial charge in [0.2, 0.25) is 5.91 Å². The van der Waals surface area contributed by atoms with E-state index in [0.717, 1.165) is 32.7 Å². The smallest absolute Gasteiger partial charge is 0.222 e. The summed E-state index contributed by atoms with van der Waals surface area (Å²) < 4.78 is 1.19. The largest absolute Gasteiger partial charge is 0.340 e. The van der Waals surface area contributed by atoms with Crippen LogP contribution < -0.4 is 0 Å². The third-order valence-electron chi connectivity index (χ3n) is 3.04. The standard InChI is InChI=1S/C12H17BrN2OS/c1-2-12(16)15-7-5-14(6-8-15)9-10-3-4-11(13)17-10/h3-4H,2,5-9H2,1H3. The summed E-state index contributed by atoms with van der Waals surface area (Å²) in [5, 5.41) is 0. The maximum absolute atomic E-state index is 11.5. The zero-order valence-corrected chi connectivity index (χ0v) is 12.4. The van der Waals surface area contributed by atoms with E-state index in [1.807, 2.05) is 11.8 Å². The monoisotopic (exact) mass is 316 g/mol. The van der Waals surface area contributed by atoms with E-state index in [1.165, 1.54) is 8.66 Å². The van der Waals surface area contributed by atoms with Crippen molar-refractivity contribution in [3.05, 3.63) is 20.8 Å². The molecule has 2 heterocycles. The van der Waals surface area contributed by atoms with Crippen LogP contribution in [0.1, 0.15) is 18.2 Å². The van der Waals surface area contributed by atoms with Gasteiger partial charge in [0.1, 0.15) is 0 Å². The molecule has 2 rings (SSSR count). The third kappa shape index (κ3) is 3.53. The summed E-state index contributed by atoms with van der Waals surface area (Å²) in [6.07, 6.45) is 0.623. The van der Waals surface area contributed by atoms with Crippen LogP contribution >= 0.6 is 27.3 Å². The van der Waals surface area contributed by atoms with Crippen molar-refractivity contribution in [2.45, 2.75) is 19.9 Å². The summed E-state index contributed by atoms with van der Waals surface area (Å²) in [6, 6.07) is 4.26. The van der Waals surface area contributed by atoms with E-state index in [2.05, 4.69) is 33.0 Å². The van der Waals surface area contributed by atoms with Gasteiger partial charge in [-0.25, -0.2) is 0 Å². The molecule has 1 aliphatic rings. The van der Waals surface area contributed by atoms with Crippen LogP contribution in [0.2, 0.25) is 0 Å². The highest BCUT2D eigenvalue weighted by Gasteiger charge is 2.19. The second kappa shape index (κ2) is 5.98. The molecule has 0 saturated carbocycles. The summed E-state index contributed by atoms with van der Waals surface area (Å²) in [4.78, 5) is 17.3. The number of halogens is 1. The van der Waals surface area contributed by atoms with E-state index in [-0.39, 0.29) is 5.91 Å².